The molecule has 1 fully saturated rings. The van der Waals surface area contributed by atoms with Gasteiger partial charge in [-0.2, -0.15) is 5.09 Å². The predicted octanol–water partition coefficient (Wildman–Crippen LogP) is 2.98. The molecule has 40 heavy (non-hydrogen) atoms. The van der Waals surface area contributed by atoms with Gasteiger partial charge in [-0.3, -0.25) is 13.9 Å². The van der Waals surface area contributed by atoms with E-state index in [-0.39, 0.29) is 31.2 Å². The van der Waals surface area contributed by atoms with Crippen LogP contribution >= 0.6 is 7.75 Å². The molecule has 5 rings (SSSR count). The Labute approximate surface area is 229 Å². The summed E-state index contributed by atoms with van der Waals surface area (Å²) in [6, 6.07) is 16.6. The zero-order valence-corrected chi connectivity index (χ0v) is 22.5. The SMILES string of the molecule is C[C@@H](NP(=O)(OC[C@H]1C[C@H](O)[C@@H](n2cnc3c(N)ncnc32)O1)Oc1ccccc1)C(=O)OCc1ccccc1. The van der Waals surface area contributed by atoms with Crippen LogP contribution in [-0.2, 0) is 30.0 Å². The van der Waals surface area contributed by atoms with Gasteiger partial charge in [-0.05, 0) is 24.6 Å². The molecule has 0 aliphatic carbocycles. The van der Waals surface area contributed by atoms with E-state index in [4.69, 9.17) is 24.3 Å². The number of anilines is 1. The molecule has 0 spiro atoms. The second-order valence-corrected chi connectivity index (χ2v) is 10.9. The highest BCUT2D eigenvalue weighted by Crippen LogP contribution is 2.46. The molecule has 0 radical (unpaired) electrons. The average Bonchev–Trinajstić information content (AvgIpc) is 3.55. The summed E-state index contributed by atoms with van der Waals surface area (Å²) < 4.78 is 38.1. The number of carbonyl (C=O) groups is 1. The fraction of sp³-hybridized carbons (Fsp3) is 0.308. The molecule has 5 atom stereocenters. The highest BCUT2D eigenvalue weighted by atomic mass is 31.2. The molecule has 4 N–H and O–H groups in total. The van der Waals surface area contributed by atoms with Crippen molar-refractivity contribution in [3.63, 3.8) is 0 Å². The molecule has 0 bridgehead atoms. The number of fused-ring (bicyclic) bond motifs is 1. The van der Waals surface area contributed by atoms with Crippen molar-refractivity contribution in [1.82, 2.24) is 24.6 Å². The van der Waals surface area contributed by atoms with Gasteiger partial charge in [-0.25, -0.2) is 19.5 Å². The first-order valence-electron chi connectivity index (χ1n) is 12.6. The van der Waals surface area contributed by atoms with E-state index in [1.165, 1.54) is 19.6 Å². The Hall–Kier alpha value is -3.87. The second-order valence-electron chi connectivity index (χ2n) is 9.18. The number of nitrogens with zero attached hydrogens (tertiary/aromatic N) is 4. The highest BCUT2D eigenvalue weighted by molar-refractivity contribution is 7.52. The highest BCUT2D eigenvalue weighted by Gasteiger charge is 2.39. The van der Waals surface area contributed by atoms with Crippen molar-refractivity contribution in [3.05, 3.63) is 78.9 Å². The molecule has 14 heteroatoms. The third-order valence-electron chi connectivity index (χ3n) is 6.16. The van der Waals surface area contributed by atoms with Gasteiger partial charge in [0.25, 0.3) is 0 Å². The quantitative estimate of drug-likeness (QED) is 0.179. The zero-order chi connectivity index (χ0) is 28.1. The average molecular weight is 569 g/mol. The van der Waals surface area contributed by atoms with Gasteiger partial charge in [0.2, 0.25) is 0 Å². The first-order valence-corrected chi connectivity index (χ1v) is 14.1. The number of carbonyl (C=O) groups excluding carboxylic acids is 1. The molecule has 1 aliphatic heterocycles. The lowest BCUT2D eigenvalue weighted by Gasteiger charge is -2.24. The van der Waals surface area contributed by atoms with Crippen molar-refractivity contribution in [2.24, 2.45) is 0 Å². The lowest BCUT2D eigenvalue weighted by Crippen LogP contribution is -2.35. The monoisotopic (exact) mass is 568 g/mol. The number of para-hydroxylation sites is 1. The maximum absolute atomic E-state index is 13.8. The van der Waals surface area contributed by atoms with Crippen LogP contribution in [0.1, 0.15) is 25.1 Å². The number of hydrogen-bond donors (Lipinski definition) is 3. The van der Waals surface area contributed by atoms with Crippen LogP contribution in [0.5, 0.6) is 5.75 Å². The van der Waals surface area contributed by atoms with Crippen LogP contribution in [0, 0.1) is 0 Å². The smallest absolute Gasteiger partial charge is 0.459 e. The predicted molar refractivity (Wildman–Crippen MR) is 144 cm³/mol. The van der Waals surface area contributed by atoms with Crippen molar-refractivity contribution >= 4 is 30.7 Å². The number of imidazole rings is 1. The van der Waals surface area contributed by atoms with Crippen molar-refractivity contribution in [3.8, 4) is 5.75 Å². The van der Waals surface area contributed by atoms with E-state index in [1.54, 1.807) is 34.9 Å². The molecular weight excluding hydrogens is 539 g/mol. The van der Waals surface area contributed by atoms with Crippen LogP contribution < -0.4 is 15.3 Å². The van der Waals surface area contributed by atoms with Gasteiger partial charge in [0.05, 0.1) is 19.0 Å². The molecular formula is C26H29N6O7P. The minimum Gasteiger partial charge on any atom is -0.460 e. The van der Waals surface area contributed by atoms with Crippen molar-refractivity contribution < 1.29 is 33.0 Å². The number of nitrogens with one attached hydrogen (secondary N) is 1. The number of aromatic nitrogens is 4. The number of rotatable bonds is 11. The molecule has 1 unspecified atom stereocenters. The Morgan fingerprint density at radius 3 is 2.65 bits per heavy atom. The summed E-state index contributed by atoms with van der Waals surface area (Å²) >= 11 is 0. The third-order valence-corrected chi connectivity index (χ3v) is 7.80. The molecule has 0 amide bonds. The summed E-state index contributed by atoms with van der Waals surface area (Å²) in [7, 11) is -4.11. The Kier molecular flexibility index (Phi) is 8.38. The number of aliphatic hydroxyl groups is 1. The Morgan fingerprint density at radius 2 is 1.90 bits per heavy atom. The zero-order valence-electron chi connectivity index (χ0n) is 21.6. The Bertz CT molecular complexity index is 1490. The van der Waals surface area contributed by atoms with Gasteiger partial charge in [0.15, 0.2) is 17.7 Å². The largest absolute Gasteiger partial charge is 0.460 e. The van der Waals surface area contributed by atoms with Gasteiger partial charge >= 0.3 is 13.7 Å². The summed E-state index contributed by atoms with van der Waals surface area (Å²) in [5, 5.41) is 13.4. The van der Waals surface area contributed by atoms with E-state index in [0.29, 0.717) is 11.2 Å². The van der Waals surface area contributed by atoms with Gasteiger partial charge in [0.1, 0.15) is 36.3 Å². The Balaban J connectivity index is 1.25. The van der Waals surface area contributed by atoms with E-state index in [9.17, 15) is 14.5 Å². The summed E-state index contributed by atoms with van der Waals surface area (Å²) in [6.07, 6.45) is 0.503. The van der Waals surface area contributed by atoms with Gasteiger partial charge < -0.3 is 24.8 Å². The molecule has 13 nitrogen and oxygen atoms in total. The molecule has 1 aliphatic rings. The second kappa shape index (κ2) is 12.1. The summed E-state index contributed by atoms with van der Waals surface area (Å²) in [6.45, 7) is 1.35. The fourth-order valence-corrected chi connectivity index (χ4v) is 5.70. The topological polar surface area (TPSA) is 173 Å². The first kappa shape index (κ1) is 27.7. The standard InChI is InChI=1S/C26H29N6O7P/c1-17(26(34)36-13-18-8-4-2-5-9-18)31-40(35,39-19-10-6-3-7-11-19)37-14-20-12-21(33)25(38-20)32-16-30-22-23(27)28-15-29-24(22)32/h2-11,15-17,20-21,25,33H,12-14H2,1H3,(H,31,35)(H2,27,28,29)/t17-,20-,21+,25+,40?/m1/s1. The van der Waals surface area contributed by atoms with E-state index in [0.717, 1.165) is 5.56 Å². The van der Waals surface area contributed by atoms with E-state index < -0.39 is 38.2 Å². The third kappa shape index (κ3) is 6.46. The number of esters is 1. The van der Waals surface area contributed by atoms with Crippen molar-refractivity contribution in [1.29, 1.82) is 0 Å². The fourth-order valence-electron chi connectivity index (χ4n) is 4.18. The molecule has 3 heterocycles. The normalized spacial score (nSPS) is 21.1. The van der Waals surface area contributed by atoms with Crippen LogP contribution in [0.4, 0.5) is 5.82 Å². The van der Waals surface area contributed by atoms with Crippen LogP contribution in [0.2, 0.25) is 0 Å². The van der Waals surface area contributed by atoms with Crippen LogP contribution in [0.15, 0.2) is 73.3 Å². The summed E-state index contributed by atoms with van der Waals surface area (Å²) in [5.41, 5.74) is 7.47. The van der Waals surface area contributed by atoms with Crippen LogP contribution in [0.25, 0.3) is 11.2 Å². The Morgan fingerprint density at radius 1 is 1.18 bits per heavy atom. The number of nitrogen functional groups attached to an aromatic ring is 1. The van der Waals surface area contributed by atoms with Crippen LogP contribution in [0.3, 0.4) is 0 Å². The van der Waals surface area contributed by atoms with Gasteiger partial charge in [-0.15, -0.1) is 0 Å². The molecule has 4 aromatic rings. The minimum absolute atomic E-state index is 0.0606. The summed E-state index contributed by atoms with van der Waals surface area (Å²) in [5.74, 6) is -0.154. The van der Waals surface area contributed by atoms with E-state index >= 15 is 0 Å². The minimum atomic E-state index is -4.11. The van der Waals surface area contributed by atoms with Crippen molar-refractivity contribution in [2.75, 3.05) is 12.3 Å². The lowest BCUT2D eigenvalue weighted by atomic mass is 10.2. The number of ether oxygens (including phenoxy) is 2. The maximum atomic E-state index is 13.8. The lowest BCUT2D eigenvalue weighted by molar-refractivity contribution is -0.146. The molecule has 210 valence electrons. The van der Waals surface area contributed by atoms with Crippen LogP contribution in [-0.4, -0.2) is 55.5 Å². The maximum Gasteiger partial charge on any atom is 0.459 e. The van der Waals surface area contributed by atoms with Gasteiger partial charge in [-0.1, -0.05) is 48.5 Å². The van der Waals surface area contributed by atoms with Gasteiger partial charge in [0, 0.05) is 6.42 Å². The summed E-state index contributed by atoms with van der Waals surface area (Å²) in [4.78, 5) is 25.0. The number of nitrogens with two attached hydrogens (primary N) is 1. The molecule has 2 aromatic carbocycles. The van der Waals surface area contributed by atoms with E-state index in [1.807, 2.05) is 30.3 Å². The number of hydrogen-bond acceptors (Lipinski definition) is 11. The number of aliphatic hydroxyl groups excluding tert-OH is 1. The first-order chi connectivity index (χ1) is 19.3. The molecule has 1 saturated heterocycles. The number of benzene rings is 2. The van der Waals surface area contributed by atoms with E-state index in [2.05, 4.69) is 20.0 Å². The molecule has 2 aromatic heterocycles. The molecule has 0 saturated carbocycles. The van der Waals surface area contributed by atoms with Crippen molar-refractivity contribution in [2.45, 2.75) is 44.4 Å².